The molecule has 3 nitrogen and oxygen atoms in total. The first-order valence-electron chi connectivity index (χ1n) is 7.60. The first kappa shape index (κ1) is 14.8. The van der Waals surface area contributed by atoms with Gasteiger partial charge in [0.25, 0.3) is 0 Å². The van der Waals surface area contributed by atoms with Crippen molar-refractivity contribution in [2.75, 3.05) is 0 Å². The Bertz CT molecular complexity index is 616. The first-order valence-corrected chi connectivity index (χ1v) is 7.60. The number of hydrogen-bond acceptors (Lipinski definition) is 3. The molecule has 3 rings (SSSR count). The largest absolute Gasteiger partial charge is 0.495 e. The molecule has 1 aromatic heterocycles. The topological polar surface area (TPSA) is 31.4 Å². The number of hydrogen-bond donors (Lipinski definition) is 0. The molecular weight excluding hydrogens is 261 g/mol. The lowest BCUT2D eigenvalue weighted by Crippen LogP contribution is -2.41. The van der Waals surface area contributed by atoms with Gasteiger partial charge in [-0.3, -0.25) is 4.98 Å². The van der Waals surface area contributed by atoms with Crippen molar-refractivity contribution in [2.45, 2.75) is 65.1 Å². The Labute approximate surface area is 127 Å². The van der Waals surface area contributed by atoms with Crippen LogP contribution in [0.2, 0.25) is 0 Å². The highest BCUT2D eigenvalue weighted by atomic mass is 16.7. The Kier molecular flexibility index (Phi) is 2.96. The van der Waals surface area contributed by atoms with E-state index in [0.717, 1.165) is 22.4 Å². The molecule has 0 radical (unpaired) electrons. The molecule has 1 aromatic rings. The molecule has 2 heterocycles. The van der Waals surface area contributed by atoms with Crippen LogP contribution < -0.4 is 0 Å². The predicted octanol–water partition coefficient (Wildman–Crippen LogP) is 3.70. The molecule has 0 amide bonds. The lowest BCUT2D eigenvalue weighted by molar-refractivity contribution is 0.00578. The van der Waals surface area contributed by atoms with Gasteiger partial charge in [0.2, 0.25) is 0 Å². The van der Waals surface area contributed by atoms with Crippen LogP contribution in [0.5, 0.6) is 0 Å². The molecule has 0 spiro atoms. The average Bonchev–Trinajstić information content (AvgIpc) is 2.71. The third kappa shape index (κ3) is 2.16. The molecule has 1 aliphatic heterocycles. The van der Waals surface area contributed by atoms with E-state index in [-0.39, 0.29) is 23.7 Å². The van der Waals surface area contributed by atoms with Crippen LogP contribution in [0.25, 0.3) is 5.47 Å². The summed E-state index contributed by atoms with van der Waals surface area (Å²) in [6.45, 7) is 14.8. The van der Waals surface area contributed by atoms with Crippen molar-refractivity contribution >= 4 is 12.6 Å². The molecule has 112 valence electrons. The Morgan fingerprint density at radius 3 is 2.10 bits per heavy atom. The summed E-state index contributed by atoms with van der Waals surface area (Å²) in [4.78, 5) is 4.74. The van der Waals surface area contributed by atoms with Crippen LogP contribution in [0.15, 0.2) is 18.2 Å². The van der Waals surface area contributed by atoms with Crippen molar-refractivity contribution in [1.82, 2.24) is 4.98 Å². The Hall–Kier alpha value is -1.13. The van der Waals surface area contributed by atoms with E-state index in [4.69, 9.17) is 14.3 Å². The molecule has 4 heteroatoms. The molecule has 0 unspecified atom stereocenters. The van der Waals surface area contributed by atoms with Gasteiger partial charge >= 0.3 is 7.12 Å². The van der Waals surface area contributed by atoms with Gasteiger partial charge in [0, 0.05) is 11.1 Å². The number of rotatable bonds is 1. The minimum absolute atomic E-state index is 0.0831. The van der Waals surface area contributed by atoms with E-state index >= 15 is 0 Å². The Morgan fingerprint density at radius 1 is 0.952 bits per heavy atom. The van der Waals surface area contributed by atoms with E-state index in [1.165, 1.54) is 0 Å². The van der Waals surface area contributed by atoms with E-state index in [9.17, 15) is 0 Å². The summed E-state index contributed by atoms with van der Waals surface area (Å²) >= 11 is 0. The SMILES string of the molecule is Cc1ccc2c(n1)C(C)(C)C=C2B1OC(C)(C)C(C)(C)O1. The van der Waals surface area contributed by atoms with Gasteiger partial charge < -0.3 is 9.31 Å². The summed E-state index contributed by atoms with van der Waals surface area (Å²) in [5.74, 6) is 0. The zero-order valence-corrected chi connectivity index (χ0v) is 14.1. The van der Waals surface area contributed by atoms with Crippen LogP contribution in [0.3, 0.4) is 0 Å². The summed E-state index contributed by atoms with van der Waals surface area (Å²) in [5.41, 5.74) is 3.72. The van der Waals surface area contributed by atoms with Crippen molar-refractivity contribution < 1.29 is 9.31 Å². The van der Waals surface area contributed by atoms with Gasteiger partial charge in [-0.05, 0) is 51.7 Å². The maximum atomic E-state index is 6.21. The van der Waals surface area contributed by atoms with Crippen molar-refractivity contribution in [3.8, 4) is 0 Å². The van der Waals surface area contributed by atoms with Gasteiger partial charge in [0.05, 0.1) is 16.9 Å². The van der Waals surface area contributed by atoms with Crippen molar-refractivity contribution in [2.24, 2.45) is 0 Å². The van der Waals surface area contributed by atoms with Gasteiger partial charge in [-0.1, -0.05) is 26.0 Å². The number of allylic oxidation sites excluding steroid dienone is 1. The molecule has 0 N–H and O–H groups in total. The predicted molar refractivity (Wildman–Crippen MR) is 86.1 cm³/mol. The van der Waals surface area contributed by atoms with E-state index in [2.05, 4.69) is 59.8 Å². The number of pyridine rings is 1. The molecule has 1 fully saturated rings. The molecular formula is C17H24BNO2. The number of aryl methyl sites for hydroxylation is 1. The summed E-state index contributed by atoms with van der Waals surface area (Å²) in [7, 11) is -0.319. The van der Waals surface area contributed by atoms with Crippen molar-refractivity contribution in [3.63, 3.8) is 0 Å². The Morgan fingerprint density at radius 2 is 1.52 bits per heavy atom. The van der Waals surface area contributed by atoms with Crippen LogP contribution in [0, 0.1) is 6.92 Å². The van der Waals surface area contributed by atoms with Crippen LogP contribution in [-0.4, -0.2) is 23.3 Å². The van der Waals surface area contributed by atoms with Gasteiger partial charge in [-0.2, -0.15) is 0 Å². The fraction of sp³-hybridized carbons (Fsp3) is 0.588. The molecule has 2 aliphatic rings. The van der Waals surface area contributed by atoms with Gasteiger partial charge in [-0.15, -0.1) is 0 Å². The number of fused-ring (bicyclic) bond motifs is 1. The van der Waals surface area contributed by atoms with Gasteiger partial charge in [0.15, 0.2) is 0 Å². The lowest BCUT2D eigenvalue weighted by Gasteiger charge is -2.32. The molecule has 0 saturated carbocycles. The van der Waals surface area contributed by atoms with Crippen LogP contribution in [0.4, 0.5) is 0 Å². The lowest BCUT2D eigenvalue weighted by atomic mass is 9.75. The third-order valence-corrected chi connectivity index (χ3v) is 4.98. The van der Waals surface area contributed by atoms with E-state index < -0.39 is 0 Å². The van der Waals surface area contributed by atoms with Crippen molar-refractivity contribution in [1.29, 1.82) is 0 Å². The zero-order valence-electron chi connectivity index (χ0n) is 14.1. The normalized spacial score (nSPS) is 24.9. The van der Waals surface area contributed by atoms with Gasteiger partial charge in [-0.25, -0.2) is 0 Å². The van der Waals surface area contributed by atoms with E-state index in [1.807, 2.05) is 6.92 Å². The number of aromatic nitrogens is 1. The molecule has 0 bridgehead atoms. The molecule has 21 heavy (non-hydrogen) atoms. The monoisotopic (exact) mass is 285 g/mol. The third-order valence-electron chi connectivity index (χ3n) is 4.98. The first-order chi connectivity index (χ1) is 9.53. The highest BCUT2D eigenvalue weighted by Crippen LogP contribution is 2.46. The summed E-state index contributed by atoms with van der Waals surface area (Å²) in [6.07, 6.45) is 2.24. The second-order valence-electron chi connectivity index (χ2n) is 7.76. The zero-order chi connectivity index (χ0) is 15.6. The van der Waals surface area contributed by atoms with Crippen molar-refractivity contribution in [3.05, 3.63) is 35.2 Å². The summed E-state index contributed by atoms with van der Waals surface area (Å²) in [6, 6.07) is 4.20. The molecule has 1 aliphatic carbocycles. The molecule has 0 aromatic carbocycles. The smallest absolute Gasteiger partial charge is 0.399 e. The fourth-order valence-corrected chi connectivity index (χ4v) is 2.98. The van der Waals surface area contributed by atoms with E-state index in [1.54, 1.807) is 0 Å². The minimum Gasteiger partial charge on any atom is -0.399 e. The number of nitrogens with zero attached hydrogens (tertiary/aromatic N) is 1. The second-order valence-corrected chi connectivity index (χ2v) is 7.76. The molecule has 0 atom stereocenters. The summed E-state index contributed by atoms with van der Waals surface area (Å²) in [5, 5.41) is 0. The maximum Gasteiger partial charge on any atom is 0.495 e. The quantitative estimate of drug-likeness (QED) is 0.737. The fourth-order valence-electron chi connectivity index (χ4n) is 2.98. The minimum atomic E-state index is -0.319. The highest BCUT2D eigenvalue weighted by molar-refractivity contribution is 6.69. The van der Waals surface area contributed by atoms with Crippen LogP contribution in [0.1, 0.15) is 58.5 Å². The second kappa shape index (κ2) is 4.20. The maximum absolute atomic E-state index is 6.21. The van der Waals surface area contributed by atoms with Crippen LogP contribution in [-0.2, 0) is 14.7 Å². The standard InChI is InChI=1S/C17H24BNO2/c1-11-8-9-12-13(10-15(2,3)14(12)19-11)18-20-16(4,5)17(6,7)21-18/h8-10H,1-7H3. The van der Waals surface area contributed by atoms with E-state index in [0.29, 0.717) is 0 Å². The highest BCUT2D eigenvalue weighted by Gasteiger charge is 2.54. The van der Waals surface area contributed by atoms with Gasteiger partial charge in [0.1, 0.15) is 0 Å². The Balaban J connectivity index is 2.03. The summed E-state index contributed by atoms with van der Waals surface area (Å²) < 4.78 is 12.4. The van der Waals surface area contributed by atoms with Crippen LogP contribution >= 0.6 is 0 Å². The average molecular weight is 285 g/mol. The molecule has 1 saturated heterocycles.